The first-order valence-electron chi connectivity index (χ1n) is 10.4. The molecule has 0 spiro atoms. The highest BCUT2D eigenvalue weighted by atomic mass is 32.2. The molecule has 1 saturated heterocycles. The Morgan fingerprint density at radius 1 is 0.972 bits per heavy atom. The van der Waals surface area contributed by atoms with E-state index in [1.54, 1.807) is 24.3 Å². The molecule has 9 nitrogen and oxygen atoms in total. The summed E-state index contributed by atoms with van der Waals surface area (Å²) in [7, 11) is -4.87. The number of hydrogen-bond acceptors (Lipinski definition) is 9. The minimum atomic E-state index is -5.20. The molecule has 0 aliphatic carbocycles. The Morgan fingerprint density at radius 3 is 2.17 bits per heavy atom. The van der Waals surface area contributed by atoms with Crippen LogP contribution in [0.2, 0.25) is 0 Å². The van der Waals surface area contributed by atoms with Gasteiger partial charge in [0.05, 0.1) is 6.26 Å². The maximum atomic E-state index is 15.5. The Kier molecular flexibility index (Phi) is 6.32. The molecule has 4 rings (SSSR count). The molecule has 1 aliphatic heterocycles. The molecule has 1 aliphatic rings. The number of aliphatic hydroxyl groups is 3. The fourth-order valence-electron chi connectivity index (χ4n) is 4.02. The number of carbonyl (C=O) groups is 2. The van der Waals surface area contributed by atoms with Gasteiger partial charge in [0.1, 0.15) is 6.10 Å². The van der Waals surface area contributed by atoms with Crippen molar-refractivity contribution in [3.63, 3.8) is 0 Å². The Balaban J connectivity index is 1.82. The molecule has 0 bridgehead atoms. The van der Waals surface area contributed by atoms with Gasteiger partial charge in [-0.2, -0.15) is 17.2 Å². The molecule has 190 valence electrons. The van der Waals surface area contributed by atoms with E-state index in [0.717, 1.165) is 17.5 Å². The van der Waals surface area contributed by atoms with E-state index in [-0.39, 0.29) is 5.56 Å². The molecule has 1 fully saturated rings. The van der Waals surface area contributed by atoms with E-state index in [1.165, 1.54) is 36.4 Å². The van der Waals surface area contributed by atoms with Gasteiger partial charge in [-0.3, -0.25) is 9.59 Å². The van der Waals surface area contributed by atoms with Crippen LogP contribution in [-0.4, -0.2) is 65.2 Å². The fraction of sp³-hybridized carbons (Fsp3) is 0.250. The van der Waals surface area contributed by atoms with Crippen LogP contribution >= 0.6 is 0 Å². The number of benzene rings is 3. The lowest BCUT2D eigenvalue weighted by Gasteiger charge is -2.33. The predicted octanol–water partition coefficient (Wildman–Crippen LogP) is 1.71. The van der Waals surface area contributed by atoms with E-state index in [2.05, 4.69) is 8.92 Å². The van der Waals surface area contributed by atoms with Crippen molar-refractivity contribution in [2.45, 2.75) is 29.7 Å². The highest BCUT2D eigenvalue weighted by molar-refractivity contribution is 7.86. The van der Waals surface area contributed by atoms with E-state index in [1.807, 2.05) is 0 Å². The number of alkyl halides is 2. The lowest BCUT2D eigenvalue weighted by molar-refractivity contribution is -0.381. The third kappa shape index (κ3) is 4.11. The first-order chi connectivity index (χ1) is 16.7. The summed E-state index contributed by atoms with van der Waals surface area (Å²) in [6.07, 6.45) is -4.85. The number of ether oxygens (including phenoxy) is 1. The lowest BCUT2D eigenvalue weighted by Crippen LogP contribution is -2.64. The molecular formula is C24H20F2O9S. The number of aliphatic hydroxyl groups excluding tert-OH is 1. The standard InChI is InChI=1S/C24H20F2O9S/c1-36(32,33)35-24(31)23(25,26)22(30,20(29)15-8-3-2-4-9-15)21(34-24)19(28)18(27)17-12-11-14-7-5-6-10-16(14)13-17/h2-13,18,21,27,30-31H,1H3/t18?,21-,22-,24-/m1/s1. The SMILES string of the molecule is CS(=O)(=O)O[C@]1(O)O[C@H](C(=O)C(O)c2ccc3ccccc3c2)[C@](O)(C(=O)c2ccccc2)C1(F)F. The summed E-state index contributed by atoms with van der Waals surface area (Å²) in [4.78, 5) is 26.4. The molecule has 4 atom stereocenters. The smallest absolute Gasteiger partial charge is 0.367 e. The van der Waals surface area contributed by atoms with Crippen molar-refractivity contribution >= 4 is 32.5 Å². The number of ketones is 2. The van der Waals surface area contributed by atoms with E-state index in [4.69, 9.17) is 0 Å². The van der Waals surface area contributed by atoms with Crippen molar-refractivity contribution in [2.75, 3.05) is 6.26 Å². The van der Waals surface area contributed by atoms with Gasteiger partial charge in [-0.05, 0) is 22.4 Å². The molecule has 3 aromatic carbocycles. The topological polar surface area (TPSA) is 147 Å². The largest absolute Gasteiger partial charge is 0.380 e. The van der Waals surface area contributed by atoms with Gasteiger partial charge >= 0.3 is 11.9 Å². The number of Topliss-reactive ketones (excluding diaryl/α,β-unsaturated/α-hetero) is 2. The highest BCUT2D eigenvalue weighted by Crippen LogP contribution is 2.53. The Labute approximate surface area is 203 Å². The number of hydrogen-bond donors (Lipinski definition) is 3. The average Bonchev–Trinajstić information content (AvgIpc) is 2.99. The molecular weight excluding hydrogens is 502 g/mol. The van der Waals surface area contributed by atoms with Crippen LogP contribution in [0.3, 0.4) is 0 Å². The van der Waals surface area contributed by atoms with Gasteiger partial charge < -0.3 is 20.1 Å². The van der Waals surface area contributed by atoms with Gasteiger partial charge in [0.15, 0.2) is 11.9 Å². The van der Waals surface area contributed by atoms with Gasteiger partial charge in [-0.25, -0.2) is 4.18 Å². The molecule has 0 saturated carbocycles. The number of halogens is 2. The highest BCUT2D eigenvalue weighted by Gasteiger charge is 2.83. The quantitative estimate of drug-likeness (QED) is 0.240. The van der Waals surface area contributed by atoms with Crippen LogP contribution in [0.25, 0.3) is 10.8 Å². The van der Waals surface area contributed by atoms with Gasteiger partial charge in [-0.15, -0.1) is 0 Å². The maximum absolute atomic E-state index is 15.5. The number of rotatable bonds is 7. The lowest BCUT2D eigenvalue weighted by atomic mass is 9.80. The zero-order valence-corrected chi connectivity index (χ0v) is 19.4. The summed E-state index contributed by atoms with van der Waals surface area (Å²) in [6, 6.07) is 17.2. The molecule has 1 unspecified atom stereocenters. The third-order valence-electron chi connectivity index (χ3n) is 5.80. The monoisotopic (exact) mass is 522 g/mol. The molecule has 0 radical (unpaired) electrons. The first-order valence-corrected chi connectivity index (χ1v) is 12.2. The average molecular weight is 522 g/mol. The van der Waals surface area contributed by atoms with Gasteiger partial charge in [0.25, 0.3) is 10.1 Å². The second kappa shape index (κ2) is 8.76. The Hall–Kier alpha value is -3.13. The summed E-state index contributed by atoms with van der Waals surface area (Å²) in [5, 5.41) is 33.5. The van der Waals surface area contributed by atoms with Crippen LogP contribution in [0, 0.1) is 0 Å². The molecule has 0 amide bonds. The predicted molar refractivity (Wildman–Crippen MR) is 120 cm³/mol. The second-order valence-electron chi connectivity index (χ2n) is 8.31. The third-order valence-corrected chi connectivity index (χ3v) is 6.32. The van der Waals surface area contributed by atoms with Gasteiger partial charge in [0, 0.05) is 5.56 Å². The summed E-state index contributed by atoms with van der Waals surface area (Å²) in [5.74, 6) is -13.1. The van der Waals surface area contributed by atoms with E-state index in [9.17, 15) is 33.3 Å². The van der Waals surface area contributed by atoms with Crippen molar-refractivity contribution in [3.8, 4) is 0 Å². The molecule has 3 aromatic rings. The normalized spacial score (nSPS) is 26.6. The summed E-state index contributed by atoms with van der Waals surface area (Å²) in [6.45, 7) is 0. The summed E-state index contributed by atoms with van der Waals surface area (Å²) < 4.78 is 62.9. The zero-order chi connectivity index (χ0) is 26.5. The van der Waals surface area contributed by atoms with E-state index >= 15 is 8.78 Å². The van der Waals surface area contributed by atoms with E-state index in [0.29, 0.717) is 11.6 Å². The Bertz CT molecular complexity index is 1440. The first kappa shape index (κ1) is 25.9. The Morgan fingerprint density at radius 2 is 1.56 bits per heavy atom. The summed E-state index contributed by atoms with van der Waals surface area (Å²) in [5.41, 5.74) is -4.77. The number of carbonyl (C=O) groups excluding carboxylic acids is 2. The second-order valence-corrected chi connectivity index (χ2v) is 9.89. The molecule has 1 heterocycles. The fourth-order valence-corrected chi connectivity index (χ4v) is 4.58. The molecule has 12 heteroatoms. The molecule has 36 heavy (non-hydrogen) atoms. The number of fused-ring (bicyclic) bond motifs is 1. The van der Waals surface area contributed by atoms with Gasteiger partial charge in [-0.1, -0.05) is 66.7 Å². The zero-order valence-electron chi connectivity index (χ0n) is 18.5. The minimum Gasteiger partial charge on any atom is -0.380 e. The van der Waals surface area contributed by atoms with Crippen molar-refractivity contribution < 1.29 is 51.0 Å². The van der Waals surface area contributed by atoms with Crippen molar-refractivity contribution in [1.29, 1.82) is 0 Å². The van der Waals surface area contributed by atoms with Crippen molar-refractivity contribution in [3.05, 3.63) is 83.9 Å². The van der Waals surface area contributed by atoms with E-state index < -0.39 is 57.0 Å². The van der Waals surface area contributed by atoms with Crippen LogP contribution < -0.4 is 0 Å². The molecule has 0 aromatic heterocycles. The minimum absolute atomic E-state index is 0.0976. The van der Waals surface area contributed by atoms with Crippen LogP contribution in [0.4, 0.5) is 8.78 Å². The summed E-state index contributed by atoms with van der Waals surface area (Å²) >= 11 is 0. The van der Waals surface area contributed by atoms with Crippen molar-refractivity contribution in [2.24, 2.45) is 0 Å². The van der Waals surface area contributed by atoms with Crippen LogP contribution in [-0.2, 0) is 23.8 Å². The van der Waals surface area contributed by atoms with Gasteiger partial charge in [0.2, 0.25) is 11.4 Å². The van der Waals surface area contributed by atoms with Crippen LogP contribution in [0.1, 0.15) is 22.0 Å². The van der Waals surface area contributed by atoms with Crippen molar-refractivity contribution in [1.82, 2.24) is 0 Å². The van der Waals surface area contributed by atoms with Crippen LogP contribution in [0.15, 0.2) is 72.8 Å². The van der Waals surface area contributed by atoms with Crippen LogP contribution in [0.5, 0.6) is 0 Å². The molecule has 3 N–H and O–H groups in total. The maximum Gasteiger partial charge on any atom is 0.367 e.